The highest BCUT2D eigenvalue weighted by molar-refractivity contribution is 5.82. The first kappa shape index (κ1) is 10.9. The van der Waals surface area contributed by atoms with E-state index in [1.807, 2.05) is 6.92 Å². The lowest BCUT2D eigenvalue weighted by atomic mass is 9.91. The zero-order chi connectivity index (χ0) is 10.7. The predicted molar refractivity (Wildman–Crippen MR) is 57.6 cm³/mol. The third-order valence-electron chi connectivity index (χ3n) is 3.29. The summed E-state index contributed by atoms with van der Waals surface area (Å²) in [6.45, 7) is 4.63. The molecule has 15 heavy (non-hydrogen) atoms. The number of rotatable bonds is 2. The summed E-state index contributed by atoms with van der Waals surface area (Å²) < 4.78 is 5.31. The highest BCUT2D eigenvalue weighted by Crippen LogP contribution is 2.20. The van der Waals surface area contributed by atoms with Crippen molar-refractivity contribution < 1.29 is 9.53 Å². The molecule has 4 nitrogen and oxygen atoms in total. The van der Waals surface area contributed by atoms with Crippen molar-refractivity contribution in [1.82, 2.24) is 10.6 Å². The van der Waals surface area contributed by atoms with Crippen LogP contribution in [0.1, 0.15) is 26.2 Å². The average molecular weight is 212 g/mol. The first-order valence-electron chi connectivity index (χ1n) is 5.87. The van der Waals surface area contributed by atoms with Gasteiger partial charge in [0.05, 0.1) is 6.04 Å². The van der Waals surface area contributed by atoms with Crippen LogP contribution in [0.4, 0.5) is 0 Å². The molecule has 2 aliphatic rings. The Hall–Kier alpha value is -0.610. The van der Waals surface area contributed by atoms with Crippen LogP contribution in [0.5, 0.6) is 0 Å². The van der Waals surface area contributed by atoms with Crippen molar-refractivity contribution in [3.63, 3.8) is 0 Å². The standard InChI is InChI=1S/C11H20N2O2/c1-8-7-12-10(11(14)13-8)6-9-2-4-15-5-3-9/h8-10,12H,2-7H2,1H3,(H,13,14). The molecular formula is C11H20N2O2. The maximum atomic E-state index is 11.7. The lowest BCUT2D eigenvalue weighted by molar-refractivity contribution is -0.126. The second kappa shape index (κ2) is 4.94. The molecule has 0 aliphatic carbocycles. The van der Waals surface area contributed by atoms with Crippen LogP contribution >= 0.6 is 0 Å². The monoisotopic (exact) mass is 212 g/mol. The molecule has 1 amide bonds. The Labute approximate surface area is 90.8 Å². The minimum atomic E-state index is 0.0179. The molecule has 0 aromatic carbocycles. The summed E-state index contributed by atoms with van der Waals surface area (Å²) >= 11 is 0. The summed E-state index contributed by atoms with van der Waals surface area (Å²) in [5, 5.41) is 6.30. The van der Waals surface area contributed by atoms with Gasteiger partial charge in [0, 0.05) is 25.8 Å². The van der Waals surface area contributed by atoms with Crippen LogP contribution in [0.15, 0.2) is 0 Å². The van der Waals surface area contributed by atoms with E-state index in [1.54, 1.807) is 0 Å². The molecule has 0 bridgehead atoms. The van der Waals surface area contributed by atoms with Gasteiger partial charge in [0.2, 0.25) is 5.91 Å². The van der Waals surface area contributed by atoms with Gasteiger partial charge < -0.3 is 15.4 Å². The van der Waals surface area contributed by atoms with E-state index in [0.717, 1.165) is 39.0 Å². The topological polar surface area (TPSA) is 50.4 Å². The van der Waals surface area contributed by atoms with Gasteiger partial charge >= 0.3 is 0 Å². The summed E-state index contributed by atoms with van der Waals surface area (Å²) in [4.78, 5) is 11.7. The minimum Gasteiger partial charge on any atom is -0.381 e. The fourth-order valence-corrected chi connectivity index (χ4v) is 2.31. The van der Waals surface area contributed by atoms with Crippen LogP contribution in [0.25, 0.3) is 0 Å². The van der Waals surface area contributed by atoms with Crippen molar-refractivity contribution >= 4 is 5.91 Å². The van der Waals surface area contributed by atoms with Crippen LogP contribution in [0.3, 0.4) is 0 Å². The van der Waals surface area contributed by atoms with Crippen LogP contribution in [0.2, 0.25) is 0 Å². The first-order chi connectivity index (χ1) is 7.25. The van der Waals surface area contributed by atoms with E-state index in [1.165, 1.54) is 0 Å². The second-order valence-corrected chi connectivity index (χ2v) is 4.66. The highest BCUT2D eigenvalue weighted by atomic mass is 16.5. The van der Waals surface area contributed by atoms with Gasteiger partial charge in [-0.05, 0) is 32.1 Å². The van der Waals surface area contributed by atoms with Gasteiger partial charge in [0.1, 0.15) is 0 Å². The molecule has 2 unspecified atom stereocenters. The normalized spacial score (nSPS) is 33.8. The van der Waals surface area contributed by atoms with Crippen molar-refractivity contribution in [3.05, 3.63) is 0 Å². The first-order valence-corrected chi connectivity index (χ1v) is 5.87. The van der Waals surface area contributed by atoms with E-state index in [-0.39, 0.29) is 18.0 Å². The van der Waals surface area contributed by atoms with Gasteiger partial charge in [0.15, 0.2) is 0 Å². The lowest BCUT2D eigenvalue weighted by Crippen LogP contribution is -2.57. The molecule has 2 saturated heterocycles. The molecule has 2 N–H and O–H groups in total. The van der Waals surface area contributed by atoms with E-state index in [2.05, 4.69) is 10.6 Å². The Morgan fingerprint density at radius 2 is 2.13 bits per heavy atom. The molecule has 4 heteroatoms. The van der Waals surface area contributed by atoms with Crippen LogP contribution in [-0.2, 0) is 9.53 Å². The quantitative estimate of drug-likeness (QED) is 0.691. The molecule has 2 rings (SSSR count). The third kappa shape index (κ3) is 2.92. The maximum absolute atomic E-state index is 11.7. The number of carbonyl (C=O) groups excluding carboxylic acids is 1. The summed E-state index contributed by atoms with van der Waals surface area (Å²) in [6, 6.07) is 0.285. The van der Waals surface area contributed by atoms with Gasteiger partial charge in [-0.25, -0.2) is 0 Å². The largest absolute Gasteiger partial charge is 0.381 e. The van der Waals surface area contributed by atoms with Crippen molar-refractivity contribution in [3.8, 4) is 0 Å². The number of nitrogens with one attached hydrogen (secondary N) is 2. The summed E-state index contributed by atoms with van der Waals surface area (Å²) in [7, 11) is 0. The number of amides is 1. The van der Waals surface area contributed by atoms with Crippen molar-refractivity contribution in [2.75, 3.05) is 19.8 Å². The van der Waals surface area contributed by atoms with Crippen molar-refractivity contribution in [1.29, 1.82) is 0 Å². The van der Waals surface area contributed by atoms with E-state index in [4.69, 9.17) is 4.74 Å². The Balaban J connectivity index is 1.80. The van der Waals surface area contributed by atoms with Crippen LogP contribution in [-0.4, -0.2) is 37.7 Å². The summed E-state index contributed by atoms with van der Waals surface area (Å²) in [5.41, 5.74) is 0. The SMILES string of the molecule is CC1CNC(CC2CCOCC2)C(=O)N1. The Bertz CT molecular complexity index is 227. The molecule has 0 aromatic heterocycles. The summed E-state index contributed by atoms with van der Waals surface area (Å²) in [6.07, 6.45) is 3.16. The number of ether oxygens (including phenoxy) is 1. The summed E-state index contributed by atoms with van der Waals surface area (Å²) in [5.74, 6) is 0.815. The van der Waals surface area contributed by atoms with E-state index >= 15 is 0 Å². The molecule has 2 aliphatic heterocycles. The van der Waals surface area contributed by atoms with Gasteiger partial charge in [-0.15, -0.1) is 0 Å². The average Bonchev–Trinajstić information content (AvgIpc) is 2.24. The van der Waals surface area contributed by atoms with Gasteiger partial charge in [-0.1, -0.05) is 0 Å². The smallest absolute Gasteiger partial charge is 0.237 e. The van der Waals surface area contributed by atoms with E-state index in [9.17, 15) is 4.79 Å². The lowest BCUT2D eigenvalue weighted by Gasteiger charge is -2.31. The molecule has 0 radical (unpaired) electrons. The van der Waals surface area contributed by atoms with E-state index < -0.39 is 0 Å². The predicted octanol–water partition coefficient (Wildman–Crippen LogP) is 0.280. The number of piperazine rings is 1. The Morgan fingerprint density at radius 1 is 1.40 bits per heavy atom. The van der Waals surface area contributed by atoms with Gasteiger partial charge in [0.25, 0.3) is 0 Å². The molecule has 2 fully saturated rings. The third-order valence-corrected chi connectivity index (χ3v) is 3.29. The molecule has 0 spiro atoms. The number of carbonyl (C=O) groups is 1. The van der Waals surface area contributed by atoms with E-state index in [0.29, 0.717) is 5.92 Å². The minimum absolute atomic E-state index is 0.0179. The van der Waals surface area contributed by atoms with Gasteiger partial charge in [-0.2, -0.15) is 0 Å². The molecule has 2 atom stereocenters. The van der Waals surface area contributed by atoms with Gasteiger partial charge in [-0.3, -0.25) is 4.79 Å². The Morgan fingerprint density at radius 3 is 2.80 bits per heavy atom. The fraction of sp³-hybridized carbons (Fsp3) is 0.909. The van der Waals surface area contributed by atoms with Crippen molar-refractivity contribution in [2.45, 2.75) is 38.3 Å². The van der Waals surface area contributed by atoms with Crippen LogP contribution in [0, 0.1) is 5.92 Å². The maximum Gasteiger partial charge on any atom is 0.237 e. The number of hydrogen-bond acceptors (Lipinski definition) is 3. The number of hydrogen-bond donors (Lipinski definition) is 2. The Kier molecular flexibility index (Phi) is 3.59. The molecule has 2 heterocycles. The molecule has 86 valence electrons. The van der Waals surface area contributed by atoms with Crippen molar-refractivity contribution in [2.24, 2.45) is 5.92 Å². The fourth-order valence-electron chi connectivity index (χ4n) is 2.31. The van der Waals surface area contributed by atoms with Crippen LogP contribution < -0.4 is 10.6 Å². The molecule has 0 aromatic rings. The zero-order valence-electron chi connectivity index (χ0n) is 9.29. The molecule has 0 saturated carbocycles. The second-order valence-electron chi connectivity index (χ2n) is 4.66. The molecular weight excluding hydrogens is 192 g/mol. The highest BCUT2D eigenvalue weighted by Gasteiger charge is 2.28. The zero-order valence-corrected chi connectivity index (χ0v) is 9.29.